The van der Waals surface area contributed by atoms with Crippen LogP contribution in [0.15, 0.2) is 77.8 Å². The third kappa shape index (κ3) is 7.42. The number of hydrogen-bond donors (Lipinski definition) is 1. The van der Waals surface area contributed by atoms with Gasteiger partial charge in [-0.05, 0) is 67.1 Å². The smallest absolute Gasteiger partial charge is 0.416 e. The quantitative estimate of drug-likeness (QED) is 0.310. The zero-order valence-electron chi connectivity index (χ0n) is 21.1. The number of nitrogens with one attached hydrogen (secondary N) is 1. The standard InChI is InChI=1S/C28H23ClF3N3O4S/c1-2-39-26(38)18-8-12-21(13-9-18)33-25(37)23-15-24(36)35(16-17-6-10-20(29)11-7-17)27(40-23)34-22-5-3-4-19(14-22)28(30,31)32/h3-14,23H,2,15-16H2,1H3,(H,33,37). The van der Waals surface area contributed by atoms with Crippen molar-refractivity contribution in [3.8, 4) is 0 Å². The Bertz CT molecular complexity index is 1430. The summed E-state index contributed by atoms with van der Waals surface area (Å²) in [5.41, 5.74) is 0.536. The molecule has 1 atom stereocenters. The summed E-state index contributed by atoms with van der Waals surface area (Å²) in [6, 6.07) is 17.3. The first-order valence-electron chi connectivity index (χ1n) is 12.1. The molecular weight excluding hydrogens is 567 g/mol. The van der Waals surface area contributed by atoms with Crippen LogP contribution in [0.25, 0.3) is 0 Å². The van der Waals surface area contributed by atoms with Gasteiger partial charge >= 0.3 is 12.1 Å². The second-order valence-corrected chi connectivity index (χ2v) is 10.3. The van der Waals surface area contributed by atoms with E-state index in [0.29, 0.717) is 16.3 Å². The van der Waals surface area contributed by atoms with E-state index in [-0.39, 0.29) is 30.4 Å². The van der Waals surface area contributed by atoms with Crippen molar-refractivity contribution in [1.29, 1.82) is 0 Å². The summed E-state index contributed by atoms with van der Waals surface area (Å²) >= 11 is 6.94. The van der Waals surface area contributed by atoms with E-state index in [2.05, 4.69) is 10.3 Å². The molecule has 1 saturated heterocycles. The van der Waals surface area contributed by atoms with Gasteiger partial charge in [0.25, 0.3) is 0 Å². The number of nitrogens with zero attached hydrogens (tertiary/aromatic N) is 2. The third-order valence-corrected chi connectivity index (χ3v) is 7.19. The minimum absolute atomic E-state index is 0.0122. The number of aliphatic imine (C=N–C) groups is 1. The largest absolute Gasteiger partial charge is 0.462 e. The lowest BCUT2D eigenvalue weighted by Gasteiger charge is -2.32. The van der Waals surface area contributed by atoms with Crippen molar-refractivity contribution in [3.05, 3.63) is 94.5 Å². The number of carbonyl (C=O) groups is 3. The fourth-order valence-corrected chi connectivity index (χ4v) is 4.98. The molecule has 0 aromatic heterocycles. The van der Waals surface area contributed by atoms with Gasteiger partial charge in [-0.2, -0.15) is 13.2 Å². The van der Waals surface area contributed by atoms with Crippen LogP contribution in [0, 0.1) is 0 Å². The molecule has 1 fully saturated rings. The number of thioether (sulfide) groups is 1. The van der Waals surface area contributed by atoms with E-state index in [1.807, 2.05) is 0 Å². The van der Waals surface area contributed by atoms with Crippen LogP contribution in [0.1, 0.15) is 34.8 Å². The molecule has 1 aliphatic heterocycles. The first kappa shape index (κ1) is 29.2. The Morgan fingerprint density at radius 2 is 1.80 bits per heavy atom. The molecule has 1 unspecified atom stereocenters. The average Bonchev–Trinajstić information content (AvgIpc) is 2.91. The summed E-state index contributed by atoms with van der Waals surface area (Å²) in [7, 11) is 0. The summed E-state index contributed by atoms with van der Waals surface area (Å²) in [5, 5.41) is 2.41. The predicted molar refractivity (Wildman–Crippen MR) is 148 cm³/mol. The first-order valence-corrected chi connectivity index (χ1v) is 13.3. The van der Waals surface area contributed by atoms with Crippen molar-refractivity contribution in [2.45, 2.75) is 31.3 Å². The number of carbonyl (C=O) groups excluding carboxylic acids is 3. The van der Waals surface area contributed by atoms with Crippen LogP contribution in [0.5, 0.6) is 0 Å². The highest BCUT2D eigenvalue weighted by Gasteiger charge is 2.36. The van der Waals surface area contributed by atoms with E-state index >= 15 is 0 Å². The summed E-state index contributed by atoms with van der Waals surface area (Å²) in [6.45, 7) is 2.00. The van der Waals surface area contributed by atoms with Crippen LogP contribution >= 0.6 is 23.4 Å². The number of halogens is 4. The lowest BCUT2D eigenvalue weighted by molar-refractivity contribution is -0.137. The molecule has 4 rings (SSSR count). The molecule has 1 aliphatic rings. The summed E-state index contributed by atoms with van der Waals surface area (Å²) in [6.07, 6.45) is -4.73. The molecule has 1 heterocycles. The Morgan fingerprint density at radius 1 is 1.10 bits per heavy atom. The Labute approximate surface area is 237 Å². The van der Waals surface area contributed by atoms with Crippen molar-refractivity contribution in [3.63, 3.8) is 0 Å². The maximum atomic E-state index is 13.3. The zero-order valence-corrected chi connectivity index (χ0v) is 22.6. The lowest BCUT2D eigenvalue weighted by atomic mass is 10.1. The van der Waals surface area contributed by atoms with E-state index in [1.54, 1.807) is 31.2 Å². The fraction of sp³-hybridized carbons (Fsp3) is 0.214. The minimum Gasteiger partial charge on any atom is -0.462 e. The van der Waals surface area contributed by atoms with Gasteiger partial charge in [0.05, 0.1) is 30.0 Å². The van der Waals surface area contributed by atoms with E-state index in [4.69, 9.17) is 16.3 Å². The number of alkyl halides is 3. The average molecular weight is 590 g/mol. The Hall–Kier alpha value is -3.83. The number of amides is 2. The summed E-state index contributed by atoms with van der Waals surface area (Å²) in [4.78, 5) is 43.9. The third-order valence-electron chi connectivity index (χ3n) is 5.75. The van der Waals surface area contributed by atoms with Gasteiger partial charge in [0.2, 0.25) is 11.8 Å². The second kappa shape index (κ2) is 12.6. The fourth-order valence-electron chi connectivity index (χ4n) is 3.76. The molecule has 3 aromatic rings. The summed E-state index contributed by atoms with van der Waals surface area (Å²) in [5.74, 6) is -1.41. The monoisotopic (exact) mass is 589 g/mol. The highest BCUT2D eigenvalue weighted by Crippen LogP contribution is 2.34. The van der Waals surface area contributed by atoms with Crippen LogP contribution in [0.4, 0.5) is 24.5 Å². The first-order chi connectivity index (χ1) is 19.0. The van der Waals surface area contributed by atoms with Crippen molar-refractivity contribution in [1.82, 2.24) is 4.90 Å². The van der Waals surface area contributed by atoms with Gasteiger partial charge in [-0.1, -0.05) is 41.6 Å². The van der Waals surface area contributed by atoms with Crippen LogP contribution < -0.4 is 5.32 Å². The molecular formula is C28H23ClF3N3O4S. The molecule has 1 N–H and O–H groups in total. The molecule has 12 heteroatoms. The molecule has 208 valence electrons. The van der Waals surface area contributed by atoms with Gasteiger partial charge in [0.1, 0.15) is 5.25 Å². The topological polar surface area (TPSA) is 88.1 Å². The van der Waals surface area contributed by atoms with Crippen molar-refractivity contribution >= 4 is 57.7 Å². The van der Waals surface area contributed by atoms with Crippen LogP contribution in [0.2, 0.25) is 5.02 Å². The van der Waals surface area contributed by atoms with Crippen LogP contribution in [-0.2, 0) is 27.0 Å². The molecule has 0 spiro atoms. The second-order valence-electron chi connectivity index (χ2n) is 8.65. The Morgan fingerprint density at radius 3 is 2.45 bits per heavy atom. The number of anilines is 1. The van der Waals surface area contributed by atoms with Gasteiger partial charge in [-0.3, -0.25) is 14.5 Å². The maximum absolute atomic E-state index is 13.3. The summed E-state index contributed by atoms with van der Waals surface area (Å²) < 4.78 is 44.8. The molecule has 0 aliphatic carbocycles. The van der Waals surface area contributed by atoms with Gasteiger partial charge in [-0.15, -0.1) is 0 Å². The van der Waals surface area contributed by atoms with Crippen molar-refractivity contribution in [2.24, 2.45) is 4.99 Å². The van der Waals surface area contributed by atoms with Gasteiger partial charge in [0, 0.05) is 17.1 Å². The SMILES string of the molecule is CCOC(=O)c1ccc(NC(=O)C2CC(=O)N(Cc3ccc(Cl)cc3)C(=Nc3cccc(C(F)(F)F)c3)S2)cc1. The molecule has 3 aromatic carbocycles. The Kier molecular flexibility index (Phi) is 9.16. The molecule has 0 saturated carbocycles. The van der Waals surface area contributed by atoms with Crippen molar-refractivity contribution < 1.29 is 32.3 Å². The molecule has 2 amide bonds. The zero-order chi connectivity index (χ0) is 28.9. The van der Waals surface area contributed by atoms with Crippen LogP contribution in [-0.4, -0.2) is 39.7 Å². The van der Waals surface area contributed by atoms with E-state index < -0.39 is 34.8 Å². The molecule has 0 radical (unpaired) electrons. The van der Waals surface area contributed by atoms with E-state index in [0.717, 1.165) is 29.5 Å². The number of hydrogen-bond acceptors (Lipinski definition) is 6. The predicted octanol–water partition coefficient (Wildman–Crippen LogP) is 6.70. The van der Waals surface area contributed by atoms with Gasteiger partial charge < -0.3 is 10.1 Å². The van der Waals surface area contributed by atoms with Gasteiger partial charge in [0.15, 0.2) is 5.17 Å². The number of benzene rings is 3. The molecule has 0 bridgehead atoms. The number of amidine groups is 1. The highest BCUT2D eigenvalue weighted by molar-refractivity contribution is 8.15. The number of ether oxygens (including phenoxy) is 1. The van der Waals surface area contributed by atoms with Gasteiger partial charge in [-0.25, -0.2) is 9.79 Å². The molecule has 7 nitrogen and oxygen atoms in total. The molecule has 40 heavy (non-hydrogen) atoms. The van der Waals surface area contributed by atoms with Crippen molar-refractivity contribution in [2.75, 3.05) is 11.9 Å². The maximum Gasteiger partial charge on any atom is 0.416 e. The minimum atomic E-state index is -4.57. The number of rotatable bonds is 7. The lowest BCUT2D eigenvalue weighted by Crippen LogP contribution is -2.44. The normalized spacial score (nSPS) is 16.6. The van der Waals surface area contributed by atoms with Crippen LogP contribution in [0.3, 0.4) is 0 Å². The highest BCUT2D eigenvalue weighted by atomic mass is 35.5. The van der Waals surface area contributed by atoms with E-state index in [1.165, 1.54) is 41.3 Å². The number of esters is 1. The van der Waals surface area contributed by atoms with E-state index in [9.17, 15) is 27.6 Å². The Balaban J connectivity index is 1.58.